The van der Waals surface area contributed by atoms with Crippen molar-refractivity contribution in [1.82, 2.24) is 9.62 Å². The molecule has 7 nitrogen and oxygen atoms in total. The van der Waals surface area contributed by atoms with Gasteiger partial charge in [0, 0.05) is 13.0 Å². The van der Waals surface area contributed by atoms with Gasteiger partial charge in [-0.25, -0.2) is 12.7 Å². The smallest absolute Gasteiger partial charge is 0.269 e. The zero-order chi connectivity index (χ0) is 21.6. The van der Waals surface area contributed by atoms with Crippen LogP contribution < -0.4 is 10.1 Å². The van der Waals surface area contributed by atoms with Crippen LogP contribution in [0.25, 0.3) is 0 Å². The first-order chi connectivity index (χ1) is 14.4. The molecule has 0 saturated carbocycles. The molecule has 1 heterocycles. The van der Waals surface area contributed by atoms with Crippen LogP contribution in [0.3, 0.4) is 0 Å². The average molecular weight is 431 g/mol. The van der Waals surface area contributed by atoms with Gasteiger partial charge in [-0.2, -0.15) is 0 Å². The Bertz CT molecular complexity index is 1000. The van der Waals surface area contributed by atoms with Gasteiger partial charge < -0.3 is 10.1 Å². The van der Waals surface area contributed by atoms with E-state index in [-0.39, 0.29) is 35.8 Å². The Labute approximate surface area is 177 Å². The summed E-state index contributed by atoms with van der Waals surface area (Å²) < 4.78 is 31.4. The van der Waals surface area contributed by atoms with Gasteiger partial charge in [0.05, 0.1) is 12.1 Å². The number of nitrogens with zero attached hydrogens (tertiary/aromatic N) is 1. The molecule has 1 aliphatic rings. The maximum absolute atomic E-state index is 12.5. The molecule has 0 atom stereocenters. The first-order valence-electron chi connectivity index (χ1n) is 10.1. The van der Waals surface area contributed by atoms with E-state index in [9.17, 15) is 18.0 Å². The van der Waals surface area contributed by atoms with E-state index in [0.29, 0.717) is 13.2 Å². The van der Waals surface area contributed by atoms with Crippen molar-refractivity contribution in [2.75, 3.05) is 19.7 Å². The second-order valence-corrected chi connectivity index (χ2v) is 8.91. The van der Waals surface area contributed by atoms with Gasteiger partial charge in [-0.05, 0) is 42.7 Å². The molecule has 0 aliphatic carbocycles. The van der Waals surface area contributed by atoms with E-state index in [4.69, 9.17) is 4.74 Å². The Hall–Kier alpha value is -2.87. The molecule has 0 bridgehead atoms. The van der Waals surface area contributed by atoms with Gasteiger partial charge in [0.2, 0.25) is 5.91 Å². The summed E-state index contributed by atoms with van der Waals surface area (Å²) in [6, 6.07) is 14.0. The van der Waals surface area contributed by atoms with Crippen molar-refractivity contribution in [1.29, 1.82) is 0 Å². The highest BCUT2D eigenvalue weighted by atomic mass is 32.2. The molecule has 2 amide bonds. The summed E-state index contributed by atoms with van der Waals surface area (Å²) in [5, 5.41) is 2.74. The summed E-state index contributed by atoms with van der Waals surface area (Å²) in [5.74, 6) is 0.00392. The number of hydrogen-bond donors (Lipinski definition) is 1. The second kappa shape index (κ2) is 9.75. The normalized spacial score (nSPS) is 14.4. The van der Waals surface area contributed by atoms with Gasteiger partial charge in [0.25, 0.3) is 15.9 Å². The summed E-state index contributed by atoms with van der Waals surface area (Å²) in [6.07, 6.45) is 2.51. The number of ether oxygens (including phenoxy) is 1. The molecule has 0 saturated heterocycles. The van der Waals surface area contributed by atoms with Crippen molar-refractivity contribution < 1.29 is 22.7 Å². The minimum atomic E-state index is -3.82. The number of carbonyl (C=O) groups excluding carboxylic acids is 2. The number of rotatable bonds is 10. The number of aryl methyl sites for hydroxylation is 1. The van der Waals surface area contributed by atoms with Crippen LogP contribution in [0.5, 0.6) is 5.75 Å². The number of amides is 2. The number of sulfonamides is 1. The molecule has 0 unspecified atom stereocenters. The summed E-state index contributed by atoms with van der Waals surface area (Å²) >= 11 is 0. The molecule has 0 spiro atoms. The summed E-state index contributed by atoms with van der Waals surface area (Å²) in [5.41, 5.74) is 1.45. The van der Waals surface area contributed by atoms with Crippen molar-refractivity contribution in [2.24, 2.45) is 0 Å². The maximum Gasteiger partial charge on any atom is 0.269 e. The lowest BCUT2D eigenvalue weighted by molar-refractivity contribution is -0.121. The number of nitrogens with one attached hydrogen (secondary N) is 1. The van der Waals surface area contributed by atoms with Gasteiger partial charge >= 0.3 is 0 Å². The van der Waals surface area contributed by atoms with E-state index in [1.165, 1.54) is 17.7 Å². The number of hydrogen-bond acceptors (Lipinski definition) is 5. The van der Waals surface area contributed by atoms with Gasteiger partial charge in [0.1, 0.15) is 17.3 Å². The zero-order valence-corrected chi connectivity index (χ0v) is 17.8. The Balaban J connectivity index is 1.37. The molecule has 3 rings (SSSR count). The second-order valence-electron chi connectivity index (χ2n) is 7.07. The third kappa shape index (κ3) is 4.99. The van der Waals surface area contributed by atoms with E-state index in [2.05, 4.69) is 12.2 Å². The fourth-order valence-electron chi connectivity index (χ4n) is 3.32. The molecule has 2 aromatic carbocycles. The van der Waals surface area contributed by atoms with Crippen LogP contribution >= 0.6 is 0 Å². The van der Waals surface area contributed by atoms with Crippen LogP contribution in [0.4, 0.5) is 0 Å². The molecule has 160 valence electrons. The third-order valence-corrected chi connectivity index (χ3v) is 6.67. The predicted octanol–water partition coefficient (Wildman–Crippen LogP) is 2.76. The fraction of sp³-hybridized carbons (Fsp3) is 0.364. The Morgan fingerprint density at radius 1 is 1.10 bits per heavy atom. The summed E-state index contributed by atoms with van der Waals surface area (Å²) in [7, 11) is -3.82. The summed E-state index contributed by atoms with van der Waals surface area (Å²) in [4.78, 5) is 24.3. The minimum Gasteiger partial charge on any atom is -0.492 e. The van der Waals surface area contributed by atoms with E-state index < -0.39 is 15.9 Å². The van der Waals surface area contributed by atoms with E-state index in [1.807, 2.05) is 24.3 Å². The lowest BCUT2D eigenvalue weighted by atomic mass is 10.1. The predicted molar refractivity (Wildman–Crippen MR) is 113 cm³/mol. The van der Waals surface area contributed by atoms with Crippen LogP contribution in [0.1, 0.15) is 42.1 Å². The molecule has 8 heteroatoms. The lowest BCUT2D eigenvalue weighted by Crippen LogP contribution is -2.33. The van der Waals surface area contributed by atoms with Crippen molar-refractivity contribution >= 4 is 21.8 Å². The highest BCUT2D eigenvalue weighted by molar-refractivity contribution is 7.90. The molecular formula is C22H26N2O5S. The van der Waals surface area contributed by atoms with Gasteiger partial charge in [-0.3, -0.25) is 9.59 Å². The molecule has 1 N–H and O–H groups in total. The van der Waals surface area contributed by atoms with E-state index in [1.54, 1.807) is 12.1 Å². The Morgan fingerprint density at radius 3 is 2.53 bits per heavy atom. The molecule has 0 aromatic heterocycles. The fourth-order valence-corrected chi connectivity index (χ4v) is 4.93. The van der Waals surface area contributed by atoms with Crippen LogP contribution in [0.2, 0.25) is 0 Å². The van der Waals surface area contributed by atoms with Crippen molar-refractivity contribution in [2.45, 2.75) is 37.5 Å². The topological polar surface area (TPSA) is 92.8 Å². The quantitative estimate of drug-likeness (QED) is 0.585. The lowest BCUT2D eigenvalue weighted by Gasteiger charge is -2.14. The molecule has 0 fully saturated rings. The molecule has 2 aromatic rings. The molecule has 0 radical (unpaired) electrons. The minimum absolute atomic E-state index is 0.0239. The highest BCUT2D eigenvalue weighted by Crippen LogP contribution is 2.29. The van der Waals surface area contributed by atoms with Gasteiger partial charge in [-0.15, -0.1) is 0 Å². The van der Waals surface area contributed by atoms with E-state index >= 15 is 0 Å². The zero-order valence-electron chi connectivity index (χ0n) is 17.0. The molecule has 1 aliphatic heterocycles. The van der Waals surface area contributed by atoms with Crippen molar-refractivity contribution in [3.8, 4) is 5.75 Å². The van der Waals surface area contributed by atoms with Crippen LogP contribution in [0.15, 0.2) is 53.4 Å². The Morgan fingerprint density at radius 2 is 1.83 bits per heavy atom. The van der Waals surface area contributed by atoms with Crippen LogP contribution in [0, 0.1) is 0 Å². The van der Waals surface area contributed by atoms with Gasteiger partial charge in [0.15, 0.2) is 0 Å². The largest absolute Gasteiger partial charge is 0.492 e. The number of benzene rings is 2. The average Bonchev–Trinajstić information content (AvgIpc) is 2.93. The molecular weight excluding hydrogens is 404 g/mol. The first kappa shape index (κ1) is 21.8. The van der Waals surface area contributed by atoms with E-state index in [0.717, 1.165) is 22.9 Å². The first-order valence-corrected chi connectivity index (χ1v) is 11.5. The maximum atomic E-state index is 12.5. The van der Waals surface area contributed by atoms with Crippen LogP contribution in [-0.2, 0) is 21.2 Å². The monoisotopic (exact) mass is 430 g/mol. The third-order valence-electron chi connectivity index (χ3n) is 4.83. The van der Waals surface area contributed by atoms with Gasteiger partial charge in [-0.1, -0.05) is 37.6 Å². The number of fused-ring (bicyclic) bond motifs is 1. The highest BCUT2D eigenvalue weighted by Gasteiger charge is 2.40. The SMILES string of the molecule is CCCc1ccc(OCCNC(=O)CCCN2C(=O)c3ccccc3S2(=O)=O)cc1. The molecule has 30 heavy (non-hydrogen) atoms. The standard InChI is InChI=1S/C22H26N2O5S/c1-2-6-17-10-12-18(13-11-17)29-16-14-23-21(25)9-5-15-24-22(26)19-7-3-4-8-20(19)30(24,27)28/h3-4,7-8,10-13H,2,5-6,9,14-16H2,1H3,(H,23,25). The van der Waals surface area contributed by atoms with Crippen molar-refractivity contribution in [3.63, 3.8) is 0 Å². The summed E-state index contributed by atoms with van der Waals surface area (Å²) in [6.45, 7) is 2.80. The Kier molecular flexibility index (Phi) is 7.10. The van der Waals surface area contributed by atoms with Crippen LogP contribution in [-0.4, -0.2) is 44.2 Å². The van der Waals surface area contributed by atoms with Crippen molar-refractivity contribution in [3.05, 3.63) is 59.7 Å². The number of carbonyl (C=O) groups is 2.